The topological polar surface area (TPSA) is 96.0 Å². The number of carbonyl (C=O) groups is 2. The predicted molar refractivity (Wildman–Crippen MR) is 144 cm³/mol. The van der Waals surface area contributed by atoms with Crippen molar-refractivity contribution < 1.29 is 35.9 Å². The first-order valence-electron chi connectivity index (χ1n) is 13.2. The molecule has 13 heteroatoms. The minimum absolute atomic E-state index is 0.252. The molecule has 1 aliphatic heterocycles. The van der Waals surface area contributed by atoms with Crippen LogP contribution in [0.3, 0.4) is 0 Å². The Morgan fingerprint density at radius 1 is 1.07 bits per heavy atom. The number of likely N-dealkylation sites (tertiary alicyclic amines) is 1. The van der Waals surface area contributed by atoms with Crippen molar-refractivity contribution in [2.24, 2.45) is 0 Å². The zero-order valence-corrected chi connectivity index (χ0v) is 24.2. The van der Waals surface area contributed by atoms with Gasteiger partial charge in [-0.05, 0) is 76.1 Å². The molecule has 1 atom stereocenters. The van der Waals surface area contributed by atoms with E-state index in [9.17, 15) is 31.2 Å². The highest BCUT2D eigenvalue weighted by Gasteiger charge is 2.45. The van der Waals surface area contributed by atoms with Crippen molar-refractivity contribution in [3.05, 3.63) is 52.2 Å². The van der Waals surface area contributed by atoms with E-state index < -0.39 is 45.5 Å². The lowest BCUT2D eigenvalue weighted by molar-refractivity contribution is -0.137. The van der Waals surface area contributed by atoms with Crippen LogP contribution in [0, 0.1) is 0 Å². The predicted octanol–water partition coefficient (Wildman–Crippen LogP) is 5.05. The fraction of sp³-hybridized carbons (Fsp3) is 0.556. The largest absolute Gasteiger partial charge is 0.444 e. The zero-order chi connectivity index (χ0) is 29.3. The number of hydrogen-bond donors (Lipinski definition) is 1. The molecule has 2 fully saturated rings. The van der Waals surface area contributed by atoms with Crippen molar-refractivity contribution in [1.29, 1.82) is 0 Å². The van der Waals surface area contributed by atoms with Gasteiger partial charge in [-0.15, -0.1) is 11.3 Å². The number of piperidine rings is 1. The zero-order valence-electron chi connectivity index (χ0n) is 22.6. The normalized spacial score (nSPS) is 18.0. The maximum atomic E-state index is 13.5. The molecule has 2 aliphatic rings. The fourth-order valence-electron chi connectivity index (χ4n) is 4.82. The Morgan fingerprint density at radius 2 is 1.73 bits per heavy atom. The molecule has 2 heterocycles. The smallest absolute Gasteiger partial charge is 0.416 e. The first-order chi connectivity index (χ1) is 18.6. The summed E-state index contributed by atoms with van der Waals surface area (Å²) in [6, 6.07) is 5.97. The van der Waals surface area contributed by atoms with E-state index in [1.54, 1.807) is 25.7 Å². The second-order valence-electron chi connectivity index (χ2n) is 11.1. The maximum absolute atomic E-state index is 13.5. The number of benzene rings is 1. The van der Waals surface area contributed by atoms with E-state index in [1.165, 1.54) is 21.7 Å². The number of nitrogens with one attached hydrogen (secondary N) is 1. The average Bonchev–Trinajstić information content (AvgIpc) is 3.55. The standard InChI is InChI=1S/C27H34F3N3O5S2/c1-26(2,3)38-25(35)31-23(17-21-7-5-15-39-21)24(34)32-13-11-20(12-14-32)33(19-9-10-19)40(36,37)22-8-4-6-18(16-22)27(28,29)30/h4-8,15-16,19-20,23H,9-14,17H2,1-3H3,(H,31,35)/t23-/m0/s1. The second-order valence-corrected chi connectivity index (χ2v) is 14.0. The summed E-state index contributed by atoms with van der Waals surface area (Å²) in [5, 5.41) is 4.57. The number of sulfonamides is 1. The van der Waals surface area contributed by atoms with Gasteiger partial charge in [0.05, 0.1) is 10.5 Å². The second kappa shape index (κ2) is 11.7. The number of halogens is 3. The van der Waals surface area contributed by atoms with Crippen molar-refractivity contribution in [1.82, 2.24) is 14.5 Å². The average molecular weight is 602 g/mol. The van der Waals surface area contributed by atoms with Crippen LogP contribution < -0.4 is 5.32 Å². The number of thiophene rings is 1. The van der Waals surface area contributed by atoms with Gasteiger partial charge < -0.3 is 15.0 Å². The molecule has 40 heavy (non-hydrogen) atoms. The van der Waals surface area contributed by atoms with Gasteiger partial charge in [0.15, 0.2) is 0 Å². The summed E-state index contributed by atoms with van der Waals surface area (Å²) in [6.45, 7) is 5.69. The SMILES string of the molecule is CC(C)(C)OC(=O)N[C@@H](Cc1cccs1)C(=O)N1CCC(N(C2CC2)S(=O)(=O)c2cccc(C(F)(F)F)c2)CC1. The number of alkyl halides is 3. The van der Waals surface area contributed by atoms with Crippen molar-refractivity contribution in [2.45, 2.75) is 87.7 Å². The van der Waals surface area contributed by atoms with E-state index >= 15 is 0 Å². The van der Waals surface area contributed by atoms with Gasteiger partial charge in [0.2, 0.25) is 15.9 Å². The van der Waals surface area contributed by atoms with Crippen LogP contribution in [0.2, 0.25) is 0 Å². The monoisotopic (exact) mass is 601 g/mol. The number of carbonyl (C=O) groups excluding carboxylic acids is 2. The molecule has 0 spiro atoms. The molecule has 2 amide bonds. The maximum Gasteiger partial charge on any atom is 0.416 e. The van der Waals surface area contributed by atoms with E-state index in [-0.39, 0.29) is 36.4 Å². The molecule has 0 bridgehead atoms. The molecule has 2 aromatic rings. The van der Waals surface area contributed by atoms with Gasteiger partial charge in [-0.25, -0.2) is 13.2 Å². The summed E-state index contributed by atoms with van der Waals surface area (Å²) in [5.74, 6) is -0.295. The Kier molecular flexibility index (Phi) is 8.86. The molecule has 220 valence electrons. The van der Waals surface area contributed by atoms with Crippen LogP contribution in [0.25, 0.3) is 0 Å². The van der Waals surface area contributed by atoms with Crippen LogP contribution in [0.15, 0.2) is 46.7 Å². The summed E-state index contributed by atoms with van der Waals surface area (Å²) in [6.07, 6.45) is -3.14. The Balaban J connectivity index is 1.47. The molecular weight excluding hydrogens is 567 g/mol. The Labute approximate surface area is 236 Å². The molecule has 1 N–H and O–H groups in total. The summed E-state index contributed by atoms with van der Waals surface area (Å²) < 4.78 is 73.6. The van der Waals surface area contributed by atoms with Gasteiger partial charge >= 0.3 is 12.3 Å². The number of hydrogen-bond acceptors (Lipinski definition) is 6. The third kappa shape index (κ3) is 7.55. The van der Waals surface area contributed by atoms with Gasteiger partial charge in [0.25, 0.3) is 0 Å². The van der Waals surface area contributed by atoms with Gasteiger partial charge in [0.1, 0.15) is 11.6 Å². The third-order valence-electron chi connectivity index (χ3n) is 6.75. The van der Waals surface area contributed by atoms with Gasteiger partial charge in [-0.2, -0.15) is 17.5 Å². The minimum Gasteiger partial charge on any atom is -0.444 e. The lowest BCUT2D eigenvalue weighted by atomic mass is 10.0. The lowest BCUT2D eigenvalue weighted by Crippen LogP contribution is -2.55. The van der Waals surface area contributed by atoms with Crippen LogP contribution in [0.4, 0.5) is 18.0 Å². The third-order valence-corrected chi connectivity index (χ3v) is 9.65. The van der Waals surface area contributed by atoms with E-state index in [2.05, 4.69) is 5.32 Å². The molecule has 1 aliphatic carbocycles. The Morgan fingerprint density at radius 3 is 2.27 bits per heavy atom. The van der Waals surface area contributed by atoms with Gasteiger partial charge in [-0.3, -0.25) is 4.79 Å². The summed E-state index contributed by atoms with van der Waals surface area (Å²) >= 11 is 1.47. The van der Waals surface area contributed by atoms with E-state index in [0.717, 1.165) is 17.0 Å². The fourth-order valence-corrected chi connectivity index (χ4v) is 7.54. The molecule has 1 aromatic carbocycles. The van der Waals surface area contributed by atoms with Crippen LogP contribution in [-0.4, -0.2) is 66.4 Å². The van der Waals surface area contributed by atoms with Gasteiger partial charge in [0, 0.05) is 36.5 Å². The molecular formula is C27H34F3N3O5S2. The number of rotatable bonds is 8. The Bertz CT molecular complexity index is 1300. The first-order valence-corrected chi connectivity index (χ1v) is 15.5. The molecule has 8 nitrogen and oxygen atoms in total. The van der Waals surface area contributed by atoms with Crippen molar-refractivity contribution >= 4 is 33.4 Å². The number of alkyl carbamates (subject to hydrolysis) is 1. The molecule has 4 rings (SSSR count). The van der Waals surface area contributed by atoms with Crippen LogP contribution in [-0.2, 0) is 32.2 Å². The molecule has 0 unspecified atom stereocenters. The molecule has 1 saturated heterocycles. The molecule has 1 saturated carbocycles. The quantitative estimate of drug-likeness (QED) is 0.457. The highest BCUT2D eigenvalue weighted by atomic mass is 32.2. The van der Waals surface area contributed by atoms with E-state index in [0.29, 0.717) is 31.7 Å². The van der Waals surface area contributed by atoms with Crippen LogP contribution in [0.5, 0.6) is 0 Å². The van der Waals surface area contributed by atoms with Crippen LogP contribution >= 0.6 is 11.3 Å². The number of amides is 2. The highest BCUT2D eigenvalue weighted by Crippen LogP contribution is 2.38. The number of nitrogens with zero attached hydrogens (tertiary/aromatic N) is 2. The highest BCUT2D eigenvalue weighted by molar-refractivity contribution is 7.89. The van der Waals surface area contributed by atoms with Crippen molar-refractivity contribution in [2.75, 3.05) is 13.1 Å². The first kappa shape index (κ1) is 30.3. The molecule has 1 aromatic heterocycles. The van der Waals surface area contributed by atoms with Gasteiger partial charge in [-0.1, -0.05) is 12.1 Å². The summed E-state index contributed by atoms with van der Waals surface area (Å²) in [5.41, 5.74) is -1.75. The Hall–Kier alpha value is -2.64. The van der Waals surface area contributed by atoms with Crippen LogP contribution in [0.1, 0.15) is 56.9 Å². The lowest BCUT2D eigenvalue weighted by Gasteiger charge is -2.39. The summed E-state index contributed by atoms with van der Waals surface area (Å²) in [7, 11) is -4.18. The molecule has 0 radical (unpaired) electrons. The summed E-state index contributed by atoms with van der Waals surface area (Å²) in [4.78, 5) is 28.1. The van der Waals surface area contributed by atoms with Crippen molar-refractivity contribution in [3.63, 3.8) is 0 Å². The van der Waals surface area contributed by atoms with E-state index in [1.807, 2.05) is 17.5 Å². The van der Waals surface area contributed by atoms with Crippen molar-refractivity contribution in [3.8, 4) is 0 Å². The minimum atomic E-state index is -4.66. The number of ether oxygens (including phenoxy) is 1. The van der Waals surface area contributed by atoms with E-state index in [4.69, 9.17) is 4.74 Å².